The molecule has 0 saturated heterocycles. The van der Waals surface area contributed by atoms with Gasteiger partial charge in [-0.25, -0.2) is 4.98 Å². The topological polar surface area (TPSA) is 136 Å². The van der Waals surface area contributed by atoms with E-state index in [0.29, 0.717) is 24.8 Å². The van der Waals surface area contributed by atoms with Crippen molar-refractivity contribution in [3.05, 3.63) is 60.0 Å². The van der Waals surface area contributed by atoms with Crippen LogP contribution in [0.4, 0.5) is 11.8 Å². The van der Waals surface area contributed by atoms with E-state index < -0.39 is 0 Å². The molecule has 3 aromatic heterocycles. The monoisotopic (exact) mass is 569 g/mol. The van der Waals surface area contributed by atoms with E-state index in [1.807, 2.05) is 6.07 Å². The lowest BCUT2D eigenvalue weighted by Crippen LogP contribution is -2.34. The summed E-state index contributed by atoms with van der Waals surface area (Å²) in [6.07, 6.45) is 9.65. The number of benzene rings is 2. The van der Waals surface area contributed by atoms with Crippen molar-refractivity contribution in [1.29, 1.82) is 0 Å². The van der Waals surface area contributed by atoms with Crippen molar-refractivity contribution in [3.8, 4) is 16.9 Å². The average Bonchev–Trinajstić information content (AvgIpc) is 3.60. The summed E-state index contributed by atoms with van der Waals surface area (Å²) in [6.45, 7) is 3.58. The number of fused-ring (bicyclic) bond motifs is 3. The van der Waals surface area contributed by atoms with Crippen molar-refractivity contribution in [3.63, 3.8) is 0 Å². The van der Waals surface area contributed by atoms with E-state index in [-0.39, 0.29) is 18.6 Å². The number of ether oxygens (including phenoxy) is 1. The highest BCUT2D eigenvalue weighted by molar-refractivity contribution is 6.10. The number of hydrogen-bond donors (Lipinski definition) is 4. The van der Waals surface area contributed by atoms with Crippen molar-refractivity contribution >= 4 is 33.7 Å². The number of anilines is 2. The van der Waals surface area contributed by atoms with Crippen LogP contribution in [0.25, 0.3) is 33.1 Å². The summed E-state index contributed by atoms with van der Waals surface area (Å²) >= 11 is 0. The Bertz CT molecular complexity index is 1650. The molecule has 42 heavy (non-hydrogen) atoms. The van der Waals surface area contributed by atoms with E-state index in [1.165, 1.54) is 24.8 Å². The summed E-state index contributed by atoms with van der Waals surface area (Å²) in [6, 6.07) is 13.4. The molecule has 5 aromatic rings. The van der Waals surface area contributed by atoms with Crippen LogP contribution in [0.15, 0.2) is 53.4 Å². The largest absolute Gasteiger partial charge is 0.496 e. The van der Waals surface area contributed by atoms with Gasteiger partial charge in [0.05, 0.1) is 25.4 Å². The molecule has 0 spiro atoms. The molecule has 6 rings (SSSR count). The van der Waals surface area contributed by atoms with Gasteiger partial charge in [-0.1, -0.05) is 49.2 Å². The maximum atomic E-state index is 9.73. The highest BCUT2D eigenvalue weighted by Gasteiger charge is 2.22. The van der Waals surface area contributed by atoms with Crippen molar-refractivity contribution in [2.75, 3.05) is 24.8 Å². The number of nitrogens with zero attached hydrogens (tertiary/aromatic N) is 4. The summed E-state index contributed by atoms with van der Waals surface area (Å²) in [7, 11) is 1.72. The van der Waals surface area contributed by atoms with Gasteiger partial charge in [0.25, 0.3) is 0 Å². The van der Waals surface area contributed by atoms with Gasteiger partial charge in [-0.2, -0.15) is 4.98 Å². The lowest BCUT2D eigenvalue weighted by Gasteiger charge is -2.26. The van der Waals surface area contributed by atoms with Crippen LogP contribution in [0.3, 0.4) is 0 Å². The molecule has 1 aliphatic carbocycles. The number of nitrogen functional groups attached to an aromatic ring is 1. The molecule has 10 heteroatoms. The number of aromatic nitrogens is 4. The molecule has 0 bridgehead atoms. The maximum absolute atomic E-state index is 9.73. The number of aliphatic hydroxyl groups is 1. The highest BCUT2D eigenvalue weighted by Crippen LogP contribution is 2.37. The predicted molar refractivity (Wildman–Crippen MR) is 166 cm³/mol. The Labute approximate surface area is 245 Å². The first-order valence-corrected chi connectivity index (χ1v) is 14.8. The molecule has 0 unspecified atom stereocenters. The molecule has 10 nitrogen and oxygen atoms in total. The molecule has 0 amide bonds. The fourth-order valence-electron chi connectivity index (χ4n) is 5.84. The fourth-order valence-corrected chi connectivity index (χ4v) is 5.84. The van der Waals surface area contributed by atoms with Crippen molar-refractivity contribution in [2.24, 2.45) is 0 Å². The minimum Gasteiger partial charge on any atom is -0.496 e. The van der Waals surface area contributed by atoms with Gasteiger partial charge in [-0.15, -0.1) is 0 Å². The number of aliphatic hydroxyl groups excluding tert-OH is 1. The van der Waals surface area contributed by atoms with Crippen LogP contribution < -0.4 is 21.1 Å². The Hall–Kier alpha value is -4.15. The predicted octanol–water partition coefficient (Wildman–Crippen LogP) is 5.48. The Morgan fingerprint density at radius 3 is 2.74 bits per heavy atom. The second-order valence-electron chi connectivity index (χ2n) is 11.2. The van der Waals surface area contributed by atoms with E-state index in [1.54, 1.807) is 19.6 Å². The number of nitrogens with two attached hydrogens (primary N) is 1. The molecule has 1 atom stereocenters. The molecular formula is C32H39N7O3. The zero-order valence-electron chi connectivity index (χ0n) is 24.3. The summed E-state index contributed by atoms with van der Waals surface area (Å²) in [5.74, 6) is 1.70. The first-order valence-electron chi connectivity index (χ1n) is 14.8. The molecule has 1 aliphatic rings. The minimum absolute atomic E-state index is 0.0496. The molecule has 220 valence electrons. The van der Waals surface area contributed by atoms with Crippen LogP contribution in [0.5, 0.6) is 5.75 Å². The maximum Gasteiger partial charge on any atom is 0.222 e. The van der Waals surface area contributed by atoms with Crippen LogP contribution in [-0.4, -0.2) is 50.6 Å². The lowest BCUT2D eigenvalue weighted by atomic mass is 9.93. The fraction of sp³-hybridized carbons (Fsp3) is 0.406. The Balaban J connectivity index is 1.48. The van der Waals surface area contributed by atoms with Crippen molar-refractivity contribution in [2.45, 2.75) is 70.6 Å². The average molecular weight is 570 g/mol. The van der Waals surface area contributed by atoms with E-state index in [2.05, 4.69) is 62.6 Å². The third-order valence-electron chi connectivity index (χ3n) is 8.32. The molecule has 0 radical (unpaired) electrons. The van der Waals surface area contributed by atoms with Crippen LogP contribution in [0.1, 0.15) is 56.6 Å². The molecule has 3 heterocycles. The first-order chi connectivity index (χ1) is 20.6. The van der Waals surface area contributed by atoms with Gasteiger partial charge in [0.2, 0.25) is 5.95 Å². The summed E-state index contributed by atoms with van der Waals surface area (Å²) in [4.78, 5) is 9.39. The normalized spacial score (nSPS) is 14.4. The van der Waals surface area contributed by atoms with Gasteiger partial charge < -0.3 is 35.3 Å². The minimum atomic E-state index is 0.0496. The van der Waals surface area contributed by atoms with Gasteiger partial charge in [0.15, 0.2) is 5.82 Å². The summed E-state index contributed by atoms with van der Waals surface area (Å²) in [5.41, 5.74) is 13.0. The van der Waals surface area contributed by atoms with Gasteiger partial charge in [-0.3, -0.25) is 0 Å². The number of nitrogens with one attached hydrogen (secondary N) is 2. The number of hydrogen-bond acceptors (Lipinski definition) is 9. The van der Waals surface area contributed by atoms with E-state index in [0.717, 1.165) is 63.8 Å². The molecule has 1 saturated carbocycles. The van der Waals surface area contributed by atoms with Gasteiger partial charge >= 0.3 is 0 Å². The molecule has 2 aromatic carbocycles. The van der Waals surface area contributed by atoms with Crippen LogP contribution in [-0.2, 0) is 13.1 Å². The summed E-state index contributed by atoms with van der Waals surface area (Å²) < 4.78 is 13.3. The van der Waals surface area contributed by atoms with Crippen LogP contribution in [0.2, 0.25) is 0 Å². The second kappa shape index (κ2) is 12.4. The smallest absolute Gasteiger partial charge is 0.222 e. The van der Waals surface area contributed by atoms with Crippen molar-refractivity contribution in [1.82, 2.24) is 25.0 Å². The lowest BCUT2D eigenvalue weighted by molar-refractivity contribution is 0.276. The third-order valence-corrected chi connectivity index (χ3v) is 8.32. The summed E-state index contributed by atoms with van der Waals surface area (Å²) in [5, 5.41) is 21.8. The van der Waals surface area contributed by atoms with Gasteiger partial charge in [0, 0.05) is 41.7 Å². The van der Waals surface area contributed by atoms with Gasteiger partial charge in [-0.05, 0) is 48.9 Å². The SMILES string of the molecule is CCC[C@@H](CCO)Nc1nc(N)nc2c3ccc(-c4cnoc4)cc3n(Cc3ccc(CNC4CCC4)cc3OC)c12. The highest BCUT2D eigenvalue weighted by atomic mass is 16.5. The Morgan fingerprint density at radius 2 is 2.02 bits per heavy atom. The zero-order chi connectivity index (χ0) is 29.1. The van der Waals surface area contributed by atoms with Gasteiger partial charge in [0.1, 0.15) is 23.0 Å². The zero-order valence-corrected chi connectivity index (χ0v) is 24.3. The molecule has 5 N–H and O–H groups in total. The quantitative estimate of drug-likeness (QED) is 0.145. The first kappa shape index (κ1) is 28.0. The van der Waals surface area contributed by atoms with E-state index in [9.17, 15) is 5.11 Å². The standard InChI is InChI=1S/C32H39N7O3/c1-3-5-25(12-13-40)36-31-30-29(37-32(33)38-31)26-11-10-21(23-17-35-42-19-23)15-27(26)39(30)18-22-9-8-20(14-28(22)41-2)16-34-24-6-4-7-24/h8-11,14-15,17,19,24-25,34,40H,3-7,12-13,16,18H2,1-2H3,(H3,33,36,37,38)/t25-/m0/s1. The van der Waals surface area contributed by atoms with E-state index >= 15 is 0 Å². The molecule has 0 aliphatic heterocycles. The number of rotatable bonds is 13. The van der Waals surface area contributed by atoms with Crippen LogP contribution >= 0.6 is 0 Å². The van der Waals surface area contributed by atoms with Crippen LogP contribution in [0, 0.1) is 0 Å². The van der Waals surface area contributed by atoms with E-state index in [4.69, 9.17) is 20.0 Å². The Morgan fingerprint density at radius 1 is 1.14 bits per heavy atom. The second-order valence-corrected chi connectivity index (χ2v) is 11.2. The van der Waals surface area contributed by atoms with Crippen molar-refractivity contribution < 1.29 is 14.4 Å². The Kier molecular flexibility index (Phi) is 8.25. The third kappa shape index (κ3) is 5.64. The number of methoxy groups -OCH3 is 1. The molecular weight excluding hydrogens is 530 g/mol. The molecule has 1 fully saturated rings.